The molecule has 296 valence electrons. The van der Waals surface area contributed by atoms with Crippen molar-refractivity contribution in [1.82, 2.24) is 5.06 Å². The molecule has 58 heavy (non-hydrogen) atoms. The van der Waals surface area contributed by atoms with Gasteiger partial charge < -0.3 is 9.74 Å². The number of allylic oxidation sites excluding steroid dienone is 10. The minimum atomic E-state index is -4.05. The number of benzene rings is 3. The van der Waals surface area contributed by atoms with Gasteiger partial charge in [-0.3, -0.25) is 14.6 Å². The molecule has 2 amide bonds. The highest BCUT2D eigenvalue weighted by molar-refractivity contribution is 7.86. The number of likely N-dealkylation sites (N-methyl/N-ethyl adjacent to an activating group) is 1. The molecule has 0 bridgehead atoms. The van der Waals surface area contributed by atoms with Crippen molar-refractivity contribution in [2.75, 3.05) is 11.9 Å². The van der Waals surface area contributed by atoms with Crippen LogP contribution >= 0.6 is 0 Å². The van der Waals surface area contributed by atoms with Gasteiger partial charge in [-0.05, 0) is 130 Å². The Labute approximate surface area is 337 Å². The van der Waals surface area contributed by atoms with Crippen LogP contribution in [0, 0.1) is 5.92 Å². The fourth-order valence-electron chi connectivity index (χ4n) is 9.70. The SMILES string of the molecule is CN1/C(=C/C=C2\CCC3CCC(/C=C/C4=Nc5ccc(C(=O)ON6C(=O)CCC6=O)cc5C4(C)C)=C4C3=C2c2ccccc24)C(C)(C)c2cc(S(=O)(=O)ON)ccc21. The van der Waals surface area contributed by atoms with Gasteiger partial charge in [-0.2, -0.15) is 18.6 Å². The molecule has 9 rings (SSSR count). The van der Waals surface area contributed by atoms with Gasteiger partial charge in [0.1, 0.15) is 0 Å². The molecule has 3 aliphatic carbocycles. The first-order valence-corrected chi connectivity index (χ1v) is 21.0. The maximum absolute atomic E-state index is 13.0. The van der Waals surface area contributed by atoms with E-state index in [9.17, 15) is 22.8 Å². The van der Waals surface area contributed by atoms with Crippen LogP contribution in [0.15, 0.2) is 117 Å². The first kappa shape index (κ1) is 37.9. The predicted octanol–water partition coefficient (Wildman–Crippen LogP) is 8.07. The lowest BCUT2D eigenvalue weighted by Gasteiger charge is -2.32. The molecular formula is C46H44N4O7S. The molecule has 1 fully saturated rings. The van der Waals surface area contributed by atoms with Crippen LogP contribution in [0.25, 0.3) is 11.1 Å². The van der Waals surface area contributed by atoms with Gasteiger partial charge in [0.25, 0.3) is 11.8 Å². The number of aliphatic imine (C=N–C) groups is 1. The van der Waals surface area contributed by atoms with Crippen molar-refractivity contribution in [3.8, 4) is 0 Å². The van der Waals surface area contributed by atoms with Crippen molar-refractivity contribution in [3.05, 3.63) is 135 Å². The summed E-state index contributed by atoms with van der Waals surface area (Å²) < 4.78 is 29.2. The zero-order valence-corrected chi connectivity index (χ0v) is 33.9. The van der Waals surface area contributed by atoms with Crippen LogP contribution in [0.2, 0.25) is 0 Å². The first-order valence-electron chi connectivity index (χ1n) is 19.6. The number of carbonyl (C=O) groups is 3. The van der Waals surface area contributed by atoms with Crippen molar-refractivity contribution in [1.29, 1.82) is 0 Å². The Balaban J connectivity index is 1.04. The highest BCUT2D eigenvalue weighted by atomic mass is 32.2. The number of amides is 2. The topological polar surface area (TPSA) is 149 Å². The van der Waals surface area contributed by atoms with Crippen LogP contribution in [-0.4, -0.2) is 44.0 Å². The van der Waals surface area contributed by atoms with Crippen LogP contribution in [0.4, 0.5) is 11.4 Å². The highest BCUT2D eigenvalue weighted by Crippen LogP contribution is 2.57. The van der Waals surface area contributed by atoms with Gasteiger partial charge in [-0.1, -0.05) is 64.1 Å². The number of hydrogen-bond donors (Lipinski definition) is 1. The largest absolute Gasteiger partial charge is 0.363 e. The van der Waals surface area contributed by atoms with Crippen LogP contribution in [0.1, 0.15) is 98.8 Å². The van der Waals surface area contributed by atoms with Gasteiger partial charge in [0.15, 0.2) is 0 Å². The van der Waals surface area contributed by atoms with Crippen molar-refractivity contribution >= 4 is 56.1 Å². The molecule has 3 aliphatic heterocycles. The van der Waals surface area contributed by atoms with E-state index in [2.05, 4.69) is 85.4 Å². The van der Waals surface area contributed by atoms with E-state index in [1.165, 1.54) is 45.1 Å². The number of fused-ring (bicyclic) bond motifs is 5. The summed E-state index contributed by atoms with van der Waals surface area (Å²) in [6, 6.07) is 18.8. The average molecular weight is 797 g/mol. The van der Waals surface area contributed by atoms with Gasteiger partial charge in [0.2, 0.25) is 0 Å². The van der Waals surface area contributed by atoms with Crippen LogP contribution in [-0.2, 0) is 39.7 Å². The summed E-state index contributed by atoms with van der Waals surface area (Å²) in [5.74, 6) is 3.76. The molecule has 1 atom stereocenters. The van der Waals surface area contributed by atoms with E-state index in [1.54, 1.807) is 24.3 Å². The standard InChI is InChI=1S/C46H44N4O7S/c1-45(2)33-24-29(44(53)56-50-39(51)22-23-40(50)52)14-18-35(33)48-37(45)20-15-26-10-12-28-13-11-27(42-32-9-7-6-8-31(32)41(26)43(28)42)16-21-38-46(3,4)34-25-30(58(54,55)57-47)17-19-36(34)49(38)5/h6-9,14-21,24-25,28H,10-13,22-23,47H2,1-5H3/b20-15+,27-16+,38-21+. The molecule has 1 saturated heterocycles. The van der Waals surface area contributed by atoms with Gasteiger partial charge in [0, 0.05) is 42.1 Å². The molecule has 6 aliphatic rings. The second-order valence-corrected chi connectivity index (χ2v) is 18.4. The quantitative estimate of drug-likeness (QED) is 0.185. The van der Waals surface area contributed by atoms with E-state index in [0.29, 0.717) is 11.0 Å². The molecule has 3 aromatic rings. The van der Waals surface area contributed by atoms with E-state index in [1.807, 2.05) is 13.1 Å². The van der Waals surface area contributed by atoms with E-state index in [-0.39, 0.29) is 23.3 Å². The summed E-state index contributed by atoms with van der Waals surface area (Å²) in [4.78, 5) is 49.5. The van der Waals surface area contributed by atoms with E-state index in [4.69, 9.17) is 15.7 Å². The zero-order chi connectivity index (χ0) is 40.9. The summed E-state index contributed by atoms with van der Waals surface area (Å²) in [6.45, 7) is 8.36. The van der Waals surface area contributed by atoms with Crippen molar-refractivity contribution in [3.63, 3.8) is 0 Å². The summed E-state index contributed by atoms with van der Waals surface area (Å²) >= 11 is 0. The number of imide groups is 1. The number of nitrogens with two attached hydrogens (primary N) is 1. The predicted molar refractivity (Wildman–Crippen MR) is 221 cm³/mol. The Morgan fingerprint density at radius 2 is 1.55 bits per heavy atom. The molecule has 12 heteroatoms. The zero-order valence-electron chi connectivity index (χ0n) is 33.1. The second kappa shape index (κ2) is 13.4. The minimum absolute atomic E-state index is 0.0283. The monoisotopic (exact) mass is 796 g/mol. The number of anilines is 1. The average Bonchev–Trinajstić information content (AvgIpc) is 3.87. The lowest BCUT2D eigenvalue weighted by Crippen LogP contribution is -2.32. The molecule has 0 aromatic heterocycles. The normalized spacial score (nSPS) is 22.9. The molecular weight excluding hydrogens is 753 g/mol. The Hall–Kier alpha value is -5.69. The lowest BCUT2D eigenvalue weighted by molar-refractivity contribution is -0.172. The lowest BCUT2D eigenvalue weighted by atomic mass is 9.72. The maximum atomic E-state index is 13.0. The Morgan fingerprint density at radius 1 is 0.845 bits per heavy atom. The Kier molecular flexibility index (Phi) is 8.77. The fourth-order valence-corrected chi connectivity index (χ4v) is 10.3. The van der Waals surface area contributed by atoms with Crippen molar-refractivity contribution in [2.45, 2.75) is 81.9 Å². The van der Waals surface area contributed by atoms with Crippen LogP contribution in [0.3, 0.4) is 0 Å². The van der Waals surface area contributed by atoms with Crippen LogP contribution < -0.4 is 10.8 Å². The third-order valence-corrected chi connectivity index (χ3v) is 13.9. The van der Waals surface area contributed by atoms with E-state index < -0.39 is 38.7 Å². The van der Waals surface area contributed by atoms with Crippen LogP contribution in [0.5, 0.6) is 0 Å². The van der Waals surface area contributed by atoms with E-state index in [0.717, 1.165) is 59.6 Å². The summed E-state index contributed by atoms with van der Waals surface area (Å²) in [5.41, 5.74) is 13.7. The second-order valence-electron chi connectivity index (χ2n) is 16.8. The Morgan fingerprint density at radius 3 is 2.28 bits per heavy atom. The third-order valence-electron chi connectivity index (χ3n) is 12.9. The van der Waals surface area contributed by atoms with Gasteiger partial charge in [-0.25, -0.2) is 4.79 Å². The highest BCUT2D eigenvalue weighted by Gasteiger charge is 2.42. The molecule has 0 spiro atoms. The molecule has 3 heterocycles. The smallest absolute Gasteiger partial charge is 0.347 e. The maximum Gasteiger partial charge on any atom is 0.363 e. The number of rotatable bonds is 7. The summed E-state index contributed by atoms with van der Waals surface area (Å²) in [7, 11) is -2.04. The number of carbonyl (C=O) groups excluding carboxylic acids is 3. The first-order chi connectivity index (χ1) is 27.6. The number of nitrogens with zero attached hydrogens (tertiary/aromatic N) is 3. The molecule has 3 aromatic carbocycles. The molecule has 2 N–H and O–H groups in total. The molecule has 11 nitrogen and oxygen atoms in total. The molecule has 0 radical (unpaired) electrons. The number of hydrogen-bond acceptors (Lipinski definition) is 10. The van der Waals surface area contributed by atoms with Gasteiger partial charge >= 0.3 is 16.1 Å². The minimum Gasteiger partial charge on any atom is -0.347 e. The van der Waals surface area contributed by atoms with E-state index >= 15 is 0 Å². The third kappa shape index (κ3) is 5.79. The number of hydroxylamine groups is 2. The fraction of sp³-hybridized carbons (Fsp3) is 0.304. The molecule has 0 saturated carbocycles. The summed E-state index contributed by atoms with van der Waals surface area (Å²) in [6.07, 6.45) is 12.9. The van der Waals surface area contributed by atoms with Gasteiger partial charge in [0.05, 0.1) is 21.9 Å². The van der Waals surface area contributed by atoms with Crippen molar-refractivity contribution < 1.29 is 31.9 Å². The Bertz CT molecular complexity index is 2680. The summed E-state index contributed by atoms with van der Waals surface area (Å²) in [5, 5.41) is 0.570. The van der Waals surface area contributed by atoms with Gasteiger partial charge in [-0.15, -0.1) is 5.06 Å². The molecule has 1 unspecified atom stereocenters. The van der Waals surface area contributed by atoms with Crippen molar-refractivity contribution in [2.24, 2.45) is 16.8 Å².